The smallest absolute Gasteiger partial charge is 0.119 e. The van der Waals surface area contributed by atoms with E-state index in [-0.39, 0.29) is 0 Å². The molecule has 1 saturated carbocycles. The minimum atomic E-state index is 0.322. The number of benzene rings is 1. The van der Waals surface area contributed by atoms with Gasteiger partial charge in [0.2, 0.25) is 0 Å². The predicted molar refractivity (Wildman–Crippen MR) is 85.3 cm³/mol. The Morgan fingerprint density at radius 1 is 1.15 bits per heavy atom. The van der Waals surface area contributed by atoms with Crippen LogP contribution in [0.15, 0.2) is 24.3 Å². The highest BCUT2D eigenvalue weighted by Crippen LogP contribution is 2.31. The van der Waals surface area contributed by atoms with Crippen molar-refractivity contribution in [2.45, 2.75) is 65.0 Å². The third-order valence-corrected chi connectivity index (χ3v) is 4.37. The van der Waals surface area contributed by atoms with Crippen molar-refractivity contribution < 1.29 is 4.74 Å². The number of likely N-dealkylation sites (N-methyl/N-ethyl adjacent to an activating group) is 1. The van der Waals surface area contributed by atoms with Crippen LogP contribution in [0.1, 0.15) is 51.5 Å². The topological polar surface area (TPSA) is 21.3 Å². The van der Waals surface area contributed by atoms with E-state index in [1.807, 2.05) is 0 Å². The highest BCUT2D eigenvalue weighted by Gasteiger charge is 2.31. The Hall–Kier alpha value is -1.02. The lowest BCUT2D eigenvalue weighted by molar-refractivity contribution is 0.0840. The van der Waals surface area contributed by atoms with Gasteiger partial charge in [-0.3, -0.25) is 0 Å². The first kappa shape index (κ1) is 15.4. The maximum absolute atomic E-state index is 6.29. The minimum Gasteiger partial charge on any atom is -0.489 e. The summed E-state index contributed by atoms with van der Waals surface area (Å²) in [5.74, 6) is 1.85. The number of rotatable bonds is 6. The third-order valence-electron chi connectivity index (χ3n) is 4.37. The second-order valence-electron chi connectivity index (χ2n) is 6.10. The zero-order valence-corrected chi connectivity index (χ0v) is 13.2. The van der Waals surface area contributed by atoms with Gasteiger partial charge in [0.05, 0.1) is 0 Å². The molecule has 0 aliphatic heterocycles. The molecule has 0 spiro atoms. The Bertz CT molecular complexity index is 387. The fourth-order valence-electron chi connectivity index (χ4n) is 3.30. The van der Waals surface area contributed by atoms with Gasteiger partial charge in [-0.05, 0) is 50.8 Å². The average Bonchev–Trinajstić information content (AvgIpc) is 2.45. The summed E-state index contributed by atoms with van der Waals surface area (Å²) in [4.78, 5) is 0. The molecule has 0 aromatic heterocycles. The number of aryl methyl sites for hydroxylation is 1. The van der Waals surface area contributed by atoms with Crippen LogP contribution < -0.4 is 10.1 Å². The van der Waals surface area contributed by atoms with Gasteiger partial charge in [0, 0.05) is 6.04 Å². The largest absolute Gasteiger partial charge is 0.489 e. The number of ether oxygens (including phenoxy) is 1. The highest BCUT2D eigenvalue weighted by molar-refractivity contribution is 5.26. The van der Waals surface area contributed by atoms with Gasteiger partial charge < -0.3 is 10.1 Å². The van der Waals surface area contributed by atoms with Crippen molar-refractivity contribution in [3.05, 3.63) is 29.8 Å². The summed E-state index contributed by atoms with van der Waals surface area (Å²) < 4.78 is 6.29. The van der Waals surface area contributed by atoms with Crippen LogP contribution in [-0.4, -0.2) is 18.7 Å². The zero-order chi connectivity index (χ0) is 14.4. The summed E-state index contributed by atoms with van der Waals surface area (Å²) in [5, 5.41) is 3.60. The van der Waals surface area contributed by atoms with Crippen LogP contribution in [-0.2, 0) is 0 Å². The molecule has 0 heterocycles. The second kappa shape index (κ2) is 7.68. The standard InChI is InChI=1S/C18H29NO/c1-4-6-15-9-12-17(19-5-2)18(13-15)20-16-10-7-14(3)8-11-16/h7-8,10-11,15,17-19H,4-6,9,12-13H2,1-3H3. The molecule has 20 heavy (non-hydrogen) atoms. The van der Waals surface area contributed by atoms with Crippen LogP contribution in [0.25, 0.3) is 0 Å². The van der Waals surface area contributed by atoms with E-state index in [2.05, 4.69) is 50.4 Å². The molecule has 1 N–H and O–H groups in total. The Morgan fingerprint density at radius 3 is 2.55 bits per heavy atom. The predicted octanol–water partition coefficient (Wildman–Crippen LogP) is 4.32. The Labute approximate surface area is 123 Å². The average molecular weight is 275 g/mol. The molecule has 3 atom stereocenters. The number of hydrogen-bond acceptors (Lipinski definition) is 2. The normalized spacial score (nSPS) is 26.4. The maximum atomic E-state index is 6.29. The second-order valence-corrected chi connectivity index (χ2v) is 6.10. The van der Waals surface area contributed by atoms with Crippen LogP contribution >= 0.6 is 0 Å². The molecule has 1 aromatic rings. The van der Waals surface area contributed by atoms with Gasteiger partial charge in [0.15, 0.2) is 0 Å². The van der Waals surface area contributed by atoms with Gasteiger partial charge in [-0.2, -0.15) is 0 Å². The van der Waals surface area contributed by atoms with E-state index in [0.29, 0.717) is 12.1 Å². The van der Waals surface area contributed by atoms with Crippen LogP contribution in [0.5, 0.6) is 5.75 Å². The lowest BCUT2D eigenvalue weighted by Crippen LogP contribution is -2.47. The van der Waals surface area contributed by atoms with Gasteiger partial charge in [-0.15, -0.1) is 0 Å². The molecule has 1 aromatic carbocycles. The summed E-state index contributed by atoms with van der Waals surface area (Å²) in [7, 11) is 0. The fraction of sp³-hybridized carbons (Fsp3) is 0.667. The lowest BCUT2D eigenvalue weighted by atomic mass is 9.81. The zero-order valence-electron chi connectivity index (χ0n) is 13.2. The summed E-state index contributed by atoms with van der Waals surface area (Å²) >= 11 is 0. The Morgan fingerprint density at radius 2 is 1.90 bits per heavy atom. The van der Waals surface area contributed by atoms with Gasteiger partial charge in [-0.25, -0.2) is 0 Å². The van der Waals surface area contributed by atoms with Gasteiger partial charge >= 0.3 is 0 Å². The molecule has 0 bridgehead atoms. The van der Waals surface area contributed by atoms with E-state index < -0.39 is 0 Å². The van der Waals surface area contributed by atoms with Crippen molar-refractivity contribution in [1.82, 2.24) is 5.32 Å². The van der Waals surface area contributed by atoms with Crippen LogP contribution in [0.3, 0.4) is 0 Å². The number of nitrogens with one attached hydrogen (secondary N) is 1. The molecule has 1 fully saturated rings. The summed E-state index contributed by atoms with van der Waals surface area (Å²) in [5.41, 5.74) is 1.29. The van der Waals surface area contributed by atoms with Crippen molar-refractivity contribution in [3.63, 3.8) is 0 Å². The van der Waals surface area contributed by atoms with E-state index in [0.717, 1.165) is 18.2 Å². The lowest BCUT2D eigenvalue weighted by Gasteiger charge is -2.36. The van der Waals surface area contributed by atoms with E-state index in [4.69, 9.17) is 4.74 Å². The van der Waals surface area contributed by atoms with Gasteiger partial charge in [0.25, 0.3) is 0 Å². The summed E-state index contributed by atoms with van der Waals surface area (Å²) in [6.07, 6.45) is 6.73. The monoisotopic (exact) mass is 275 g/mol. The molecule has 1 aliphatic rings. The van der Waals surface area contributed by atoms with Gasteiger partial charge in [0.1, 0.15) is 11.9 Å². The molecule has 1 aliphatic carbocycles. The van der Waals surface area contributed by atoms with Crippen LogP contribution in [0, 0.1) is 12.8 Å². The highest BCUT2D eigenvalue weighted by atomic mass is 16.5. The first-order valence-electron chi connectivity index (χ1n) is 8.19. The molecular formula is C18H29NO. The molecule has 0 saturated heterocycles. The first-order valence-corrected chi connectivity index (χ1v) is 8.19. The Balaban J connectivity index is 2.00. The van der Waals surface area contributed by atoms with Crippen LogP contribution in [0.2, 0.25) is 0 Å². The molecule has 2 nitrogen and oxygen atoms in total. The van der Waals surface area contributed by atoms with Crippen molar-refractivity contribution in [2.75, 3.05) is 6.54 Å². The number of hydrogen-bond donors (Lipinski definition) is 1. The third kappa shape index (κ3) is 4.24. The van der Waals surface area contributed by atoms with Crippen molar-refractivity contribution in [2.24, 2.45) is 5.92 Å². The van der Waals surface area contributed by atoms with Crippen molar-refractivity contribution in [1.29, 1.82) is 0 Å². The summed E-state index contributed by atoms with van der Waals surface area (Å²) in [6, 6.07) is 8.96. The quantitative estimate of drug-likeness (QED) is 0.834. The molecule has 2 rings (SSSR count). The fourth-order valence-corrected chi connectivity index (χ4v) is 3.30. The molecular weight excluding hydrogens is 246 g/mol. The van der Waals surface area contributed by atoms with Crippen molar-refractivity contribution >= 4 is 0 Å². The van der Waals surface area contributed by atoms with E-state index >= 15 is 0 Å². The van der Waals surface area contributed by atoms with E-state index in [1.165, 1.54) is 37.7 Å². The van der Waals surface area contributed by atoms with Crippen molar-refractivity contribution in [3.8, 4) is 5.75 Å². The Kier molecular flexibility index (Phi) is 5.90. The van der Waals surface area contributed by atoms with E-state index in [1.54, 1.807) is 0 Å². The SMILES string of the molecule is CCCC1CCC(NCC)C(Oc2ccc(C)cc2)C1. The molecule has 0 radical (unpaired) electrons. The molecule has 2 heteroatoms. The maximum Gasteiger partial charge on any atom is 0.119 e. The first-order chi connectivity index (χ1) is 9.72. The minimum absolute atomic E-state index is 0.322. The molecule has 3 unspecified atom stereocenters. The summed E-state index contributed by atoms with van der Waals surface area (Å²) in [6.45, 7) is 7.60. The molecule has 0 amide bonds. The molecule has 112 valence electrons. The van der Waals surface area contributed by atoms with E-state index in [9.17, 15) is 0 Å². The van der Waals surface area contributed by atoms with Crippen LogP contribution in [0.4, 0.5) is 0 Å². The van der Waals surface area contributed by atoms with Gasteiger partial charge in [-0.1, -0.05) is 44.4 Å².